The van der Waals surface area contributed by atoms with Gasteiger partial charge in [-0.3, -0.25) is 0 Å². The van der Waals surface area contributed by atoms with Crippen LogP contribution in [0.5, 0.6) is 0 Å². The highest BCUT2D eigenvalue weighted by Gasteiger charge is 2.37. The molecule has 0 radical (unpaired) electrons. The first-order valence-corrected chi connectivity index (χ1v) is 9.50. The standard InChI is InChI=1S/C17H22FN3O2S/c1-12(2)17-19-6-7-20(17)9-14-10-21(11-14)24(22,23)15-4-5-16(18)13(3)8-15/h4-8,12,14H,9-11H2,1-3H3. The number of hydrogen-bond acceptors (Lipinski definition) is 3. The number of aromatic nitrogens is 2. The Bertz CT molecular complexity index is 839. The molecule has 1 aliphatic rings. The normalized spacial score (nSPS) is 16.5. The lowest BCUT2D eigenvalue weighted by Crippen LogP contribution is -2.51. The molecule has 1 aromatic carbocycles. The second-order valence-electron chi connectivity index (χ2n) is 6.69. The molecule has 1 aliphatic heterocycles. The summed E-state index contributed by atoms with van der Waals surface area (Å²) >= 11 is 0. The van der Waals surface area contributed by atoms with Gasteiger partial charge in [0.25, 0.3) is 0 Å². The second-order valence-corrected chi connectivity index (χ2v) is 8.63. The van der Waals surface area contributed by atoms with Crippen molar-refractivity contribution in [2.24, 2.45) is 5.92 Å². The molecule has 0 unspecified atom stereocenters. The minimum Gasteiger partial charge on any atom is -0.334 e. The van der Waals surface area contributed by atoms with E-state index in [1.165, 1.54) is 22.5 Å². The molecule has 0 N–H and O–H groups in total. The van der Waals surface area contributed by atoms with Gasteiger partial charge in [0.15, 0.2) is 0 Å². The van der Waals surface area contributed by atoms with Crippen LogP contribution in [0, 0.1) is 18.7 Å². The van der Waals surface area contributed by atoms with Crippen molar-refractivity contribution < 1.29 is 12.8 Å². The molecule has 5 nitrogen and oxygen atoms in total. The molecule has 0 atom stereocenters. The molecule has 3 rings (SSSR count). The van der Waals surface area contributed by atoms with Crippen LogP contribution in [0.4, 0.5) is 4.39 Å². The van der Waals surface area contributed by atoms with E-state index in [0.29, 0.717) is 24.6 Å². The minimum absolute atomic E-state index is 0.158. The number of hydrogen-bond donors (Lipinski definition) is 0. The van der Waals surface area contributed by atoms with Crippen molar-refractivity contribution in [3.63, 3.8) is 0 Å². The van der Waals surface area contributed by atoms with E-state index in [4.69, 9.17) is 0 Å². The highest BCUT2D eigenvalue weighted by Crippen LogP contribution is 2.27. The monoisotopic (exact) mass is 351 g/mol. The topological polar surface area (TPSA) is 55.2 Å². The van der Waals surface area contributed by atoms with Crippen LogP contribution >= 0.6 is 0 Å². The SMILES string of the molecule is Cc1cc(S(=O)(=O)N2CC(Cn3ccnc3C(C)C)C2)ccc1F. The van der Waals surface area contributed by atoms with Crippen molar-refractivity contribution in [1.82, 2.24) is 13.9 Å². The van der Waals surface area contributed by atoms with E-state index in [1.54, 1.807) is 13.1 Å². The van der Waals surface area contributed by atoms with E-state index < -0.39 is 15.8 Å². The van der Waals surface area contributed by atoms with Crippen molar-refractivity contribution in [3.05, 3.63) is 47.8 Å². The summed E-state index contributed by atoms with van der Waals surface area (Å²) in [6, 6.07) is 3.93. The van der Waals surface area contributed by atoms with Crippen LogP contribution in [0.1, 0.15) is 31.2 Å². The van der Waals surface area contributed by atoms with E-state index in [-0.39, 0.29) is 10.8 Å². The summed E-state index contributed by atoms with van der Waals surface area (Å²) in [5.41, 5.74) is 0.341. The summed E-state index contributed by atoms with van der Waals surface area (Å²) < 4.78 is 42.1. The maximum Gasteiger partial charge on any atom is 0.243 e. The number of sulfonamides is 1. The molecular formula is C17H22FN3O2S. The maximum absolute atomic E-state index is 13.3. The number of rotatable bonds is 5. The molecule has 0 bridgehead atoms. The van der Waals surface area contributed by atoms with Crippen LogP contribution in [-0.4, -0.2) is 35.4 Å². The number of aryl methyl sites for hydroxylation is 1. The summed E-state index contributed by atoms with van der Waals surface area (Å²) in [6.45, 7) is 7.48. The van der Waals surface area contributed by atoms with Crippen molar-refractivity contribution >= 4 is 10.0 Å². The summed E-state index contributed by atoms with van der Waals surface area (Å²) in [5, 5.41) is 0. The number of nitrogens with zero attached hydrogens (tertiary/aromatic N) is 3. The lowest BCUT2D eigenvalue weighted by atomic mass is 10.0. The van der Waals surface area contributed by atoms with Gasteiger partial charge in [-0.1, -0.05) is 13.8 Å². The van der Waals surface area contributed by atoms with Gasteiger partial charge in [-0.2, -0.15) is 4.31 Å². The van der Waals surface area contributed by atoms with Crippen LogP contribution < -0.4 is 0 Å². The van der Waals surface area contributed by atoms with Gasteiger partial charge >= 0.3 is 0 Å². The Hall–Kier alpha value is -1.73. The zero-order valence-corrected chi connectivity index (χ0v) is 14.9. The van der Waals surface area contributed by atoms with Gasteiger partial charge < -0.3 is 4.57 Å². The number of imidazole rings is 1. The molecule has 7 heteroatoms. The van der Waals surface area contributed by atoms with Gasteiger partial charge in [0.1, 0.15) is 11.6 Å². The van der Waals surface area contributed by atoms with Gasteiger partial charge in [0.05, 0.1) is 4.90 Å². The first kappa shape index (κ1) is 17.1. The molecule has 2 aromatic rings. The molecule has 130 valence electrons. The zero-order chi connectivity index (χ0) is 17.5. The molecule has 0 spiro atoms. The average molecular weight is 351 g/mol. The highest BCUT2D eigenvalue weighted by atomic mass is 32.2. The van der Waals surface area contributed by atoms with E-state index in [2.05, 4.69) is 23.4 Å². The third kappa shape index (κ3) is 3.10. The molecule has 0 aliphatic carbocycles. The first-order valence-electron chi connectivity index (χ1n) is 8.06. The Morgan fingerprint density at radius 2 is 2.04 bits per heavy atom. The Kier molecular flexibility index (Phi) is 4.48. The Morgan fingerprint density at radius 1 is 1.33 bits per heavy atom. The quantitative estimate of drug-likeness (QED) is 0.832. The number of benzene rings is 1. The fraction of sp³-hybridized carbons (Fsp3) is 0.471. The summed E-state index contributed by atoms with van der Waals surface area (Å²) in [4.78, 5) is 4.51. The number of halogens is 1. The van der Waals surface area contributed by atoms with Crippen molar-refractivity contribution in [2.75, 3.05) is 13.1 Å². The second kappa shape index (κ2) is 6.29. The van der Waals surface area contributed by atoms with Gasteiger partial charge in [0, 0.05) is 43.9 Å². The van der Waals surface area contributed by atoms with E-state index in [0.717, 1.165) is 12.4 Å². The van der Waals surface area contributed by atoms with Gasteiger partial charge in [0.2, 0.25) is 10.0 Å². The van der Waals surface area contributed by atoms with Crippen LogP contribution in [0.2, 0.25) is 0 Å². The van der Waals surface area contributed by atoms with Gasteiger partial charge in [-0.05, 0) is 30.7 Å². The van der Waals surface area contributed by atoms with Crippen molar-refractivity contribution in [1.29, 1.82) is 0 Å². The average Bonchev–Trinajstić information content (AvgIpc) is 2.93. The highest BCUT2D eigenvalue weighted by molar-refractivity contribution is 7.89. The summed E-state index contributed by atoms with van der Waals surface area (Å²) in [5.74, 6) is 1.23. The van der Waals surface area contributed by atoms with Crippen LogP contribution in [0.3, 0.4) is 0 Å². The van der Waals surface area contributed by atoms with Gasteiger partial charge in [-0.15, -0.1) is 0 Å². The van der Waals surface area contributed by atoms with Crippen LogP contribution in [0.15, 0.2) is 35.5 Å². The molecule has 0 amide bonds. The van der Waals surface area contributed by atoms with Crippen molar-refractivity contribution in [2.45, 2.75) is 38.1 Å². The first-order chi connectivity index (χ1) is 11.3. The third-order valence-electron chi connectivity index (χ3n) is 4.41. The predicted molar refractivity (Wildman–Crippen MR) is 89.7 cm³/mol. The smallest absolute Gasteiger partial charge is 0.243 e. The Balaban J connectivity index is 1.67. The predicted octanol–water partition coefficient (Wildman–Crippen LogP) is 2.77. The maximum atomic E-state index is 13.3. The molecule has 1 aromatic heterocycles. The molecule has 0 saturated carbocycles. The van der Waals surface area contributed by atoms with E-state index in [9.17, 15) is 12.8 Å². The molecule has 24 heavy (non-hydrogen) atoms. The molecule has 1 fully saturated rings. The largest absolute Gasteiger partial charge is 0.334 e. The molecule has 1 saturated heterocycles. The van der Waals surface area contributed by atoms with Gasteiger partial charge in [-0.25, -0.2) is 17.8 Å². The van der Waals surface area contributed by atoms with E-state index in [1.807, 2.05) is 6.20 Å². The van der Waals surface area contributed by atoms with Crippen LogP contribution in [0.25, 0.3) is 0 Å². The Labute approximate surface area is 142 Å². The third-order valence-corrected chi connectivity index (χ3v) is 6.24. The minimum atomic E-state index is -3.54. The lowest BCUT2D eigenvalue weighted by molar-refractivity contribution is 0.178. The van der Waals surface area contributed by atoms with Crippen LogP contribution in [-0.2, 0) is 16.6 Å². The zero-order valence-electron chi connectivity index (χ0n) is 14.1. The fourth-order valence-corrected chi connectivity index (χ4v) is 4.69. The molecule has 2 heterocycles. The summed E-state index contributed by atoms with van der Waals surface area (Å²) in [6.07, 6.45) is 3.72. The fourth-order valence-electron chi connectivity index (χ4n) is 3.01. The van der Waals surface area contributed by atoms with E-state index >= 15 is 0 Å². The molecular weight excluding hydrogens is 329 g/mol. The lowest BCUT2D eigenvalue weighted by Gasteiger charge is -2.38. The van der Waals surface area contributed by atoms with Crippen molar-refractivity contribution in [3.8, 4) is 0 Å². The Morgan fingerprint density at radius 3 is 2.67 bits per heavy atom. The summed E-state index contributed by atoms with van der Waals surface area (Å²) in [7, 11) is -3.54.